The minimum absolute atomic E-state index is 0.0987. The van der Waals surface area contributed by atoms with Crippen LogP contribution in [0.4, 0.5) is 17.3 Å². The third kappa shape index (κ3) is 6.31. The molecule has 192 valence electrons. The van der Waals surface area contributed by atoms with E-state index in [2.05, 4.69) is 31.8 Å². The summed E-state index contributed by atoms with van der Waals surface area (Å²) < 4.78 is 1.93. The quantitative estimate of drug-likeness (QED) is 0.405. The van der Waals surface area contributed by atoms with Gasteiger partial charge in [0.2, 0.25) is 11.9 Å². The highest BCUT2D eigenvalue weighted by atomic mass is 16.3. The van der Waals surface area contributed by atoms with Crippen molar-refractivity contribution in [2.24, 2.45) is 5.92 Å². The van der Waals surface area contributed by atoms with Crippen molar-refractivity contribution in [2.75, 3.05) is 30.3 Å². The molecule has 1 amide bonds. The second-order valence-electron chi connectivity index (χ2n) is 9.88. The first kappa shape index (κ1) is 24.9. The molecule has 3 heterocycles. The molecular formula is C27H32N8O2. The highest BCUT2D eigenvalue weighted by Crippen LogP contribution is 2.36. The first-order chi connectivity index (χ1) is 18.1. The Morgan fingerprint density at radius 2 is 1.95 bits per heavy atom. The average Bonchev–Trinajstić information content (AvgIpc) is 3.67. The molecule has 2 fully saturated rings. The number of hydrogen-bond acceptors (Lipinski definition) is 8. The van der Waals surface area contributed by atoms with E-state index >= 15 is 0 Å². The van der Waals surface area contributed by atoms with Gasteiger partial charge in [0, 0.05) is 42.4 Å². The maximum Gasteiger partial charge on any atom is 0.238 e. The van der Waals surface area contributed by atoms with Crippen molar-refractivity contribution >= 4 is 23.2 Å². The standard InChI is InChI=1S/C27H32N8O2/c28-12-9-25(19-3-1-2-4-19)35-16-20(15-30-35)24-10-13-29-27(33-24)32-22-7-5-21(6-8-22)31-26(37)18-34-14-11-23(36)17-34/h5-8,10,13,15-16,19,23,25,36H,1-4,9,11,14,17-18H2,(H,31,37)(H,29,32,33). The Bertz CT molecular complexity index is 1250. The summed E-state index contributed by atoms with van der Waals surface area (Å²) in [6.45, 7) is 1.54. The number of nitrogens with one attached hydrogen (secondary N) is 2. The second-order valence-corrected chi connectivity index (χ2v) is 9.88. The second kappa shape index (κ2) is 11.5. The molecule has 2 aromatic heterocycles. The van der Waals surface area contributed by atoms with Crippen molar-refractivity contribution < 1.29 is 9.90 Å². The summed E-state index contributed by atoms with van der Waals surface area (Å²) in [6.07, 6.45) is 11.0. The monoisotopic (exact) mass is 500 g/mol. The third-order valence-electron chi connectivity index (χ3n) is 7.18. The molecule has 1 aromatic carbocycles. The molecule has 3 N–H and O–H groups in total. The van der Waals surface area contributed by atoms with Crippen molar-refractivity contribution in [3.63, 3.8) is 0 Å². The zero-order valence-corrected chi connectivity index (χ0v) is 20.8. The van der Waals surface area contributed by atoms with Gasteiger partial charge in [-0.25, -0.2) is 9.97 Å². The molecule has 1 aliphatic carbocycles. The summed E-state index contributed by atoms with van der Waals surface area (Å²) in [5.41, 5.74) is 3.13. The maximum absolute atomic E-state index is 12.3. The van der Waals surface area contributed by atoms with Crippen LogP contribution < -0.4 is 10.6 Å². The lowest BCUT2D eigenvalue weighted by Gasteiger charge is -2.21. The number of rotatable bonds is 9. The summed E-state index contributed by atoms with van der Waals surface area (Å²) in [6, 6.07) is 11.6. The molecule has 2 aliphatic rings. The molecule has 10 nitrogen and oxygen atoms in total. The van der Waals surface area contributed by atoms with Gasteiger partial charge in [0.1, 0.15) is 0 Å². The Labute approximate surface area is 216 Å². The maximum atomic E-state index is 12.3. The number of benzene rings is 1. The van der Waals surface area contributed by atoms with Crippen LogP contribution in [0.1, 0.15) is 44.6 Å². The summed E-state index contributed by atoms with van der Waals surface area (Å²) in [5, 5.41) is 29.6. The highest BCUT2D eigenvalue weighted by Gasteiger charge is 2.27. The molecule has 2 atom stereocenters. The fourth-order valence-corrected chi connectivity index (χ4v) is 5.27. The van der Waals surface area contributed by atoms with Crippen molar-refractivity contribution in [3.8, 4) is 17.3 Å². The number of likely N-dealkylation sites (tertiary alicyclic amines) is 1. The Morgan fingerprint density at radius 1 is 1.16 bits per heavy atom. The van der Waals surface area contributed by atoms with Crippen molar-refractivity contribution in [1.82, 2.24) is 24.6 Å². The number of β-amino-alcohol motifs (C(OH)–C–C–N with tert-alkyl or cyclic N) is 1. The van der Waals surface area contributed by atoms with Crippen LogP contribution in [-0.4, -0.2) is 61.4 Å². The van der Waals surface area contributed by atoms with Crippen LogP contribution in [0, 0.1) is 17.2 Å². The Hall–Kier alpha value is -3.81. The van der Waals surface area contributed by atoms with Crippen LogP contribution in [0.15, 0.2) is 48.9 Å². The fraction of sp³-hybridized carbons (Fsp3) is 0.444. The number of hydrogen-bond donors (Lipinski definition) is 3. The Kier molecular flexibility index (Phi) is 7.73. The van der Waals surface area contributed by atoms with Crippen LogP contribution in [0.5, 0.6) is 0 Å². The molecule has 1 saturated heterocycles. The molecule has 0 bridgehead atoms. The van der Waals surface area contributed by atoms with E-state index in [0.29, 0.717) is 36.9 Å². The predicted octanol–water partition coefficient (Wildman–Crippen LogP) is 3.73. The van der Waals surface area contributed by atoms with Crippen LogP contribution >= 0.6 is 0 Å². The number of aromatic nitrogens is 4. The first-order valence-electron chi connectivity index (χ1n) is 12.9. The van der Waals surface area contributed by atoms with Gasteiger partial charge in [0.05, 0.1) is 43.1 Å². The van der Waals surface area contributed by atoms with E-state index in [0.717, 1.165) is 36.3 Å². The van der Waals surface area contributed by atoms with Gasteiger partial charge in [-0.15, -0.1) is 0 Å². The van der Waals surface area contributed by atoms with Gasteiger partial charge in [0.15, 0.2) is 0 Å². The largest absolute Gasteiger partial charge is 0.392 e. The topological polar surface area (TPSA) is 132 Å². The van der Waals surface area contributed by atoms with Crippen molar-refractivity contribution in [2.45, 2.75) is 50.7 Å². The average molecular weight is 501 g/mol. The van der Waals surface area contributed by atoms with Gasteiger partial charge >= 0.3 is 0 Å². The van der Waals surface area contributed by atoms with E-state index in [1.54, 1.807) is 12.4 Å². The SMILES string of the molecule is N#CCC(C1CCCC1)n1cc(-c2ccnc(Nc3ccc(NC(=O)CN4CCC(O)C4)cc3)n2)cn1. The predicted molar refractivity (Wildman–Crippen MR) is 140 cm³/mol. The lowest BCUT2D eigenvalue weighted by molar-refractivity contribution is -0.117. The van der Waals surface area contributed by atoms with E-state index in [-0.39, 0.29) is 24.6 Å². The molecule has 3 aromatic rings. The number of aliphatic hydroxyl groups excluding tert-OH is 1. The van der Waals surface area contributed by atoms with E-state index < -0.39 is 0 Å². The molecule has 10 heteroatoms. The molecule has 1 aliphatic heterocycles. The molecule has 37 heavy (non-hydrogen) atoms. The molecule has 1 saturated carbocycles. The van der Waals surface area contributed by atoms with Gasteiger partial charge in [-0.3, -0.25) is 14.4 Å². The van der Waals surface area contributed by atoms with Crippen LogP contribution in [0.2, 0.25) is 0 Å². The van der Waals surface area contributed by atoms with E-state index in [9.17, 15) is 15.2 Å². The van der Waals surface area contributed by atoms with Crippen LogP contribution in [0.3, 0.4) is 0 Å². The molecule has 0 radical (unpaired) electrons. The van der Waals surface area contributed by atoms with Crippen LogP contribution in [0.25, 0.3) is 11.3 Å². The van der Waals surface area contributed by atoms with E-state index in [1.165, 1.54) is 12.8 Å². The van der Waals surface area contributed by atoms with Crippen molar-refractivity contribution in [3.05, 3.63) is 48.9 Å². The Morgan fingerprint density at radius 3 is 2.68 bits per heavy atom. The summed E-state index contributed by atoms with van der Waals surface area (Å²) >= 11 is 0. The number of anilines is 3. The number of carbonyl (C=O) groups is 1. The van der Waals surface area contributed by atoms with Gasteiger partial charge in [-0.1, -0.05) is 12.8 Å². The third-order valence-corrected chi connectivity index (χ3v) is 7.18. The minimum Gasteiger partial charge on any atom is -0.392 e. The van der Waals surface area contributed by atoms with Gasteiger partial charge < -0.3 is 15.7 Å². The summed E-state index contributed by atoms with van der Waals surface area (Å²) in [4.78, 5) is 23.2. The molecular weight excluding hydrogens is 468 g/mol. The fourth-order valence-electron chi connectivity index (χ4n) is 5.27. The Balaban J connectivity index is 1.20. The number of nitrogens with zero attached hydrogens (tertiary/aromatic N) is 6. The summed E-state index contributed by atoms with van der Waals surface area (Å²) in [5.74, 6) is 0.853. The van der Waals surface area contributed by atoms with Gasteiger partial charge in [-0.05, 0) is 55.5 Å². The normalized spacial score (nSPS) is 19.0. The minimum atomic E-state index is -0.340. The first-order valence-corrected chi connectivity index (χ1v) is 12.9. The molecule has 0 spiro atoms. The number of aliphatic hydroxyl groups is 1. The van der Waals surface area contributed by atoms with Crippen LogP contribution in [-0.2, 0) is 4.79 Å². The number of carbonyl (C=O) groups excluding carboxylic acids is 1. The van der Waals surface area contributed by atoms with E-state index in [1.807, 2.05) is 46.1 Å². The highest BCUT2D eigenvalue weighted by molar-refractivity contribution is 5.92. The van der Waals surface area contributed by atoms with Gasteiger partial charge in [-0.2, -0.15) is 10.4 Å². The van der Waals surface area contributed by atoms with E-state index in [4.69, 9.17) is 0 Å². The smallest absolute Gasteiger partial charge is 0.238 e. The lowest BCUT2D eigenvalue weighted by Crippen LogP contribution is -2.32. The number of nitriles is 1. The molecule has 2 unspecified atom stereocenters. The zero-order chi connectivity index (χ0) is 25.6. The zero-order valence-electron chi connectivity index (χ0n) is 20.8. The molecule has 5 rings (SSSR count). The lowest BCUT2D eigenvalue weighted by atomic mass is 9.96. The van der Waals surface area contributed by atoms with Crippen molar-refractivity contribution in [1.29, 1.82) is 5.26 Å². The summed E-state index contributed by atoms with van der Waals surface area (Å²) in [7, 11) is 0. The van der Waals surface area contributed by atoms with Gasteiger partial charge in [0.25, 0.3) is 0 Å². The number of amides is 1.